The molecular formula is C12H3Cl4F4N3OS. The molecule has 0 bridgehead atoms. The lowest BCUT2D eigenvalue weighted by Gasteiger charge is -2.12. The standard InChI is InChI=1S/C12H3Cl4F4N3OS/c13-6-1-5(11(17,18)19)2-7(14)10(6)23-4-9(8(3-21)22-23)25(24)12(15,16)20/h1-2,4H. The molecule has 0 spiro atoms. The van der Waals surface area contributed by atoms with Crippen molar-refractivity contribution in [1.82, 2.24) is 9.78 Å². The van der Waals surface area contributed by atoms with Gasteiger partial charge in [0.25, 0.3) is 0 Å². The summed E-state index contributed by atoms with van der Waals surface area (Å²) in [4.78, 5) is -0.484. The molecule has 1 aromatic carbocycles. The second-order valence-electron chi connectivity index (χ2n) is 4.40. The van der Waals surface area contributed by atoms with Crippen molar-refractivity contribution in [1.29, 1.82) is 5.26 Å². The maximum absolute atomic E-state index is 13.4. The Morgan fingerprint density at radius 2 is 1.68 bits per heavy atom. The Morgan fingerprint density at radius 1 is 1.16 bits per heavy atom. The van der Waals surface area contributed by atoms with Gasteiger partial charge in [0, 0.05) is 6.20 Å². The molecule has 4 nitrogen and oxygen atoms in total. The van der Waals surface area contributed by atoms with Crippen molar-refractivity contribution in [2.75, 3.05) is 0 Å². The highest BCUT2D eigenvalue weighted by molar-refractivity contribution is 7.89. The quantitative estimate of drug-likeness (QED) is 0.471. The molecule has 2 aromatic rings. The molecule has 1 heterocycles. The van der Waals surface area contributed by atoms with Crippen molar-refractivity contribution >= 4 is 57.2 Å². The van der Waals surface area contributed by atoms with Crippen LogP contribution in [0.15, 0.2) is 23.2 Å². The molecule has 0 aliphatic heterocycles. The van der Waals surface area contributed by atoms with Crippen LogP contribution in [0.3, 0.4) is 0 Å². The summed E-state index contributed by atoms with van der Waals surface area (Å²) in [6.07, 6.45) is -3.81. The summed E-state index contributed by atoms with van der Waals surface area (Å²) in [5.41, 5.74) is -1.86. The second kappa shape index (κ2) is 6.93. The zero-order valence-electron chi connectivity index (χ0n) is 11.4. The molecule has 13 heteroatoms. The van der Waals surface area contributed by atoms with Crippen molar-refractivity contribution in [3.8, 4) is 11.8 Å². The van der Waals surface area contributed by atoms with E-state index in [2.05, 4.69) is 5.10 Å². The van der Waals surface area contributed by atoms with Gasteiger partial charge in [-0.3, -0.25) is 0 Å². The van der Waals surface area contributed by atoms with E-state index in [0.29, 0.717) is 12.1 Å². The first-order valence-corrected chi connectivity index (χ1v) is 8.57. The van der Waals surface area contributed by atoms with Gasteiger partial charge in [-0.15, -0.1) is 0 Å². The summed E-state index contributed by atoms with van der Waals surface area (Å²) in [6, 6.07) is 2.72. The predicted molar refractivity (Wildman–Crippen MR) is 85.3 cm³/mol. The van der Waals surface area contributed by atoms with Crippen LogP contribution >= 0.6 is 46.4 Å². The molecule has 25 heavy (non-hydrogen) atoms. The van der Waals surface area contributed by atoms with Crippen LogP contribution in [0, 0.1) is 11.3 Å². The van der Waals surface area contributed by atoms with E-state index in [4.69, 9.17) is 51.7 Å². The molecule has 0 fully saturated rings. The summed E-state index contributed by atoms with van der Waals surface area (Å²) >= 11 is 21.9. The van der Waals surface area contributed by atoms with Crippen LogP contribution in [-0.4, -0.2) is 17.9 Å². The van der Waals surface area contributed by atoms with Gasteiger partial charge in [0.2, 0.25) is 0 Å². The van der Waals surface area contributed by atoms with Gasteiger partial charge < -0.3 is 0 Å². The van der Waals surface area contributed by atoms with Crippen molar-refractivity contribution in [3.05, 3.63) is 39.6 Å². The number of rotatable bonds is 3. The van der Waals surface area contributed by atoms with Gasteiger partial charge in [0.05, 0.1) is 15.6 Å². The zero-order chi connectivity index (χ0) is 19.2. The van der Waals surface area contributed by atoms with E-state index in [1.807, 2.05) is 0 Å². The third-order valence-corrected chi connectivity index (χ3v) is 5.31. The van der Waals surface area contributed by atoms with Gasteiger partial charge in [-0.05, 0) is 12.1 Å². The number of hydrogen-bond acceptors (Lipinski definition) is 3. The third kappa shape index (κ3) is 4.20. The molecule has 0 N–H and O–H groups in total. The van der Waals surface area contributed by atoms with E-state index >= 15 is 0 Å². The SMILES string of the molecule is N#Cc1nn(-c2c(Cl)cc(C(F)(F)F)cc2Cl)cc1S(=O)C(F)(Cl)Cl. The van der Waals surface area contributed by atoms with Crippen LogP contribution in [0.4, 0.5) is 17.6 Å². The first-order chi connectivity index (χ1) is 11.4. The minimum Gasteiger partial charge on any atom is -0.248 e. The van der Waals surface area contributed by atoms with Crippen LogP contribution in [0.5, 0.6) is 0 Å². The molecule has 0 saturated heterocycles. The lowest BCUT2D eigenvalue weighted by Crippen LogP contribution is -2.13. The maximum atomic E-state index is 13.4. The molecule has 0 saturated carbocycles. The van der Waals surface area contributed by atoms with E-state index in [9.17, 15) is 21.8 Å². The average Bonchev–Trinajstić information content (AvgIpc) is 2.87. The number of alkyl halides is 6. The van der Waals surface area contributed by atoms with Crippen molar-refractivity contribution in [2.45, 2.75) is 15.0 Å². The summed E-state index contributed by atoms with van der Waals surface area (Å²) in [5.74, 6) is 0. The zero-order valence-corrected chi connectivity index (χ0v) is 15.3. The molecule has 0 aliphatic rings. The fourth-order valence-corrected chi connectivity index (χ4v) is 3.62. The Balaban J connectivity index is 2.64. The summed E-state index contributed by atoms with van der Waals surface area (Å²) in [5, 5.41) is 11.8. The maximum Gasteiger partial charge on any atom is 0.416 e. The fraction of sp³-hybridized carbons (Fsp3) is 0.167. The lowest BCUT2D eigenvalue weighted by atomic mass is 10.2. The number of halogens is 8. The van der Waals surface area contributed by atoms with Crippen molar-refractivity contribution in [3.63, 3.8) is 0 Å². The number of aromatic nitrogens is 2. The fourth-order valence-electron chi connectivity index (χ4n) is 1.76. The molecular weight excluding hydrogens is 452 g/mol. The predicted octanol–water partition coefficient (Wildman–Crippen LogP) is 5.24. The van der Waals surface area contributed by atoms with E-state index in [-0.39, 0.29) is 5.69 Å². The normalized spacial score (nSPS) is 13.6. The van der Waals surface area contributed by atoms with Crippen LogP contribution in [0.1, 0.15) is 11.3 Å². The number of benzene rings is 1. The highest BCUT2D eigenvalue weighted by Crippen LogP contribution is 2.38. The van der Waals surface area contributed by atoms with E-state index in [1.165, 1.54) is 6.07 Å². The van der Waals surface area contributed by atoms with Crippen molar-refractivity contribution < 1.29 is 21.8 Å². The highest BCUT2D eigenvalue weighted by atomic mass is 35.5. The van der Waals surface area contributed by atoms with Gasteiger partial charge in [0.15, 0.2) is 5.69 Å². The van der Waals surface area contributed by atoms with Crippen LogP contribution in [0.25, 0.3) is 5.69 Å². The van der Waals surface area contributed by atoms with Crippen LogP contribution < -0.4 is 0 Å². The smallest absolute Gasteiger partial charge is 0.248 e. The summed E-state index contributed by atoms with van der Waals surface area (Å²) in [7, 11) is -2.70. The average molecular weight is 455 g/mol. The van der Waals surface area contributed by atoms with Gasteiger partial charge in [-0.2, -0.15) is 27.9 Å². The highest BCUT2D eigenvalue weighted by Gasteiger charge is 2.36. The van der Waals surface area contributed by atoms with Gasteiger partial charge in [-0.1, -0.05) is 46.4 Å². The van der Waals surface area contributed by atoms with Gasteiger partial charge in [-0.25, -0.2) is 8.89 Å². The minimum atomic E-state index is -4.69. The molecule has 134 valence electrons. The Bertz CT molecular complexity index is 878. The third-order valence-electron chi connectivity index (χ3n) is 2.77. The number of hydrogen-bond donors (Lipinski definition) is 0. The largest absolute Gasteiger partial charge is 0.416 e. The summed E-state index contributed by atoms with van der Waals surface area (Å²) < 4.78 is 61.2. The molecule has 1 unspecified atom stereocenters. The molecule has 0 radical (unpaired) electrons. The molecule has 2 rings (SSSR count). The second-order valence-corrected chi connectivity index (χ2v) is 8.44. The molecule has 1 atom stereocenters. The minimum absolute atomic E-state index is 0.232. The Hall–Kier alpha value is -1.05. The van der Waals surface area contributed by atoms with E-state index in [0.717, 1.165) is 10.9 Å². The number of nitriles is 1. The summed E-state index contributed by atoms with van der Waals surface area (Å²) in [6.45, 7) is 0. The monoisotopic (exact) mass is 453 g/mol. The first-order valence-electron chi connectivity index (χ1n) is 5.91. The molecule has 0 amide bonds. The molecule has 1 aromatic heterocycles. The van der Waals surface area contributed by atoms with Gasteiger partial charge >= 0.3 is 10.1 Å². The Morgan fingerprint density at radius 3 is 2.08 bits per heavy atom. The Labute approximate surface area is 160 Å². The van der Waals surface area contributed by atoms with Crippen LogP contribution in [-0.2, 0) is 17.0 Å². The number of nitrogens with zero attached hydrogens (tertiary/aromatic N) is 3. The van der Waals surface area contributed by atoms with Crippen LogP contribution in [0.2, 0.25) is 10.0 Å². The Kier molecular flexibility index (Phi) is 5.62. The van der Waals surface area contributed by atoms with E-state index in [1.54, 1.807) is 0 Å². The topological polar surface area (TPSA) is 58.7 Å². The van der Waals surface area contributed by atoms with Gasteiger partial charge in [0.1, 0.15) is 27.5 Å². The molecule has 0 aliphatic carbocycles. The van der Waals surface area contributed by atoms with E-state index < -0.39 is 47.1 Å². The van der Waals surface area contributed by atoms with Crippen molar-refractivity contribution in [2.24, 2.45) is 0 Å². The first kappa shape index (κ1) is 20.3. The lowest BCUT2D eigenvalue weighted by molar-refractivity contribution is -0.137.